The number of aromatic nitrogens is 3. The molecular formula is C14H10Cl2N4. The first-order valence-corrected chi connectivity index (χ1v) is 6.66. The lowest BCUT2D eigenvalue weighted by atomic mass is 10.1. The number of rotatable bonds is 1. The minimum absolute atomic E-state index is 0.361. The molecule has 2 heterocycles. The molecule has 3 aromatic rings. The van der Waals surface area contributed by atoms with Gasteiger partial charge in [0.2, 0.25) is 0 Å². The number of hydrogen-bond donors (Lipinski definition) is 1. The van der Waals surface area contributed by atoms with E-state index in [9.17, 15) is 0 Å². The summed E-state index contributed by atoms with van der Waals surface area (Å²) in [5, 5.41) is 1.73. The van der Waals surface area contributed by atoms with Crippen LogP contribution in [0.3, 0.4) is 0 Å². The second-order valence-electron chi connectivity index (χ2n) is 4.35. The van der Waals surface area contributed by atoms with Crippen LogP contribution in [0.5, 0.6) is 0 Å². The maximum Gasteiger partial charge on any atom is 0.165 e. The first kappa shape index (κ1) is 13.1. The highest BCUT2D eigenvalue weighted by Crippen LogP contribution is 2.36. The summed E-state index contributed by atoms with van der Waals surface area (Å²) in [4.78, 5) is 12.7. The molecule has 1 aromatic carbocycles. The van der Waals surface area contributed by atoms with E-state index in [1.54, 1.807) is 19.2 Å². The number of halogens is 2. The quantitative estimate of drug-likeness (QED) is 0.740. The van der Waals surface area contributed by atoms with E-state index < -0.39 is 0 Å². The van der Waals surface area contributed by atoms with E-state index in [0.717, 1.165) is 16.5 Å². The molecule has 0 radical (unpaired) electrons. The summed E-state index contributed by atoms with van der Waals surface area (Å²) in [7, 11) is 0. The van der Waals surface area contributed by atoms with Crippen molar-refractivity contribution >= 4 is 40.1 Å². The molecule has 0 amide bonds. The van der Waals surface area contributed by atoms with Gasteiger partial charge in [0.25, 0.3) is 0 Å². The van der Waals surface area contributed by atoms with Gasteiger partial charge in [0, 0.05) is 22.7 Å². The molecule has 0 unspecified atom stereocenters. The Morgan fingerprint density at radius 2 is 1.90 bits per heavy atom. The number of anilines is 1. The Hall–Kier alpha value is -1.91. The zero-order valence-corrected chi connectivity index (χ0v) is 12.1. The van der Waals surface area contributed by atoms with Gasteiger partial charge in [-0.1, -0.05) is 35.3 Å². The van der Waals surface area contributed by atoms with E-state index in [4.69, 9.17) is 28.9 Å². The van der Waals surface area contributed by atoms with Crippen molar-refractivity contribution < 1.29 is 0 Å². The van der Waals surface area contributed by atoms with Crippen LogP contribution >= 0.6 is 23.2 Å². The van der Waals surface area contributed by atoms with Gasteiger partial charge in [-0.2, -0.15) is 0 Å². The predicted molar refractivity (Wildman–Crippen MR) is 81.9 cm³/mol. The Kier molecular flexibility index (Phi) is 3.20. The minimum atomic E-state index is 0.361. The van der Waals surface area contributed by atoms with E-state index in [1.165, 1.54) is 0 Å². The average Bonchev–Trinajstić information content (AvgIpc) is 2.41. The van der Waals surface area contributed by atoms with Crippen molar-refractivity contribution in [1.82, 2.24) is 15.0 Å². The SMILES string of the molecule is Cc1ncc2cc(-c3cccc(Cl)c3Cl)c(N)nc2n1. The molecule has 0 aliphatic heterocycles. The Morgan fingerprint density at radius 3 is 2.70 bits per heavy atom. The molecule has 2 N–H and O–H groups in total. The monoisotopic (exact) mass is 304 g/mol. The fourth-order valence-corrected chi connectivity index (χ4v) is 2.39. The van der Waals surface area contributed by atoms with Crippen molar-refractivity contribution in [3.8, 4) is 11.1 Å². The Bertz CT molecular complexity index is 818. The molecule has 2 aromatic heterocycles. The number of aryl methyl sites for hydroxylation is 1. The smallest absolute Gasteiger partial charge is 0.165 e. The lowest BCUT2D eigenvalue weighted by molar-refractivity contribution is 1.07. The van der Waals surface area contributed by atoms with Crippen LogP contribution in [-0.4, -0.2) is 15.0 Å². The fourth-order valence-electron chi connectivity index (χ4n) is 1.99. The van der Waals surface area contributed by atoms with Gasteiger partial charge in [0.05, 0.1) is 10.0 Å². The molecule has 100 valence electrons. The summed E-state index contributed by atoms with van der Waals surface area (Å²) in [5.41, 5.74) is 8.04. The number of nitrogens with zero attached hydrogens (tertiary/aromatic N) is 3. The largest absolute Gasteiger partial charge is 0.383 e. The van der Waals surface area contributed by atoms with Crippen LogP contribution in [0.15, 0.2) is 30.5 Å². The Labute approximate surface area is 125 Å². The first-order valence-electron chi connectivity index (χ1n) is 5.90. The van der Waals surface area contributed by atoms with E-state index in [2.05, 4.69) is 15.0 Å². The molecule has 0 aliphatic carbocycles. The Morgan fingerprint density at radius 1 is 1.10 bits per heavy atom. The van der Waals surface area contributed by atoms with Crippen molar-refractivity contribution in [2.75, 3.05) is 5.73 Å². The zero-order valence-electron chi connectivity index (χ0n) is 10.6. The van der Waals surface area contributed by atoms with E-state index >= 15 is 0 Å². The molecule has 0 fully saturated rings. The maximum absolute atomic E-state index is 6.23. The molecule has 0 saturated carbocycles. The van der Waals surface area contributed by atoms with Crippen LogP contribution in [0.2, 0.25) is 10.0 Å². The number of hydrogen-bond acceptors (Lipinski definition) is 4. The topological polar surface area (TPSA) is 64.7 Å². The van der Waals surface area contributed by atoms with Crippen molar-refractivity contribution in [2.24, 2.45) is 0 Å². The highest BCUT2D eigenvalue weighted by Gasteiger charge is 2.12. The lowest BCUT2D eigenvalue weighted by Crippen LogP contribution is -1.98. The van der Waals surface area contributed by atoms with Gasteiger partial charge < -0.3 is 5.73 Å². The standard InChI is InChI=1S/C14H10Cl2N4/c1-7-18-6-8-5-10(13(17)20-14(8)19-7)9-3-2-4-11(15)12(9)16/h2-6H,1H3,(H2,17,18,19,20). The third-order valence-electron chi connectivity index (χ3n) is 2.96. The van der Waals surface area contributed by atoms with Crippen LogP contribution in [0.1, 0.15) is 5.82 Å². The Balaban J connectivity index is 2.29. The van der Waals surface area contributed by atoms with Crippen LogP contribution in [0.4, 0.5) is 5.82 Å². The predicted octanol–water partition coefficient (Wildman–Crippen LogP) is 3.89. The zero-order chi connectivity index (χ0) is 14.3. The van der Waals surface area contributed by atoms with Gasteiger partial charge in [-0.25, -0.2) is 15.0 Å². The first-order chi connectivity index (χ1) is 9.56. The van der Waals surface area contributed by atoms with Crippen molar-refractivity contribution in [3.05, 3.63) is 46.3 Å². The van der Waals surface area contributed by atoms with Crippen molar-refractivity contribution in [3.63, 3.8) is 0 Å². The van der Waals surface area contributed by atoms with Gasteiger partial charge in [-0.15, -0.1) is 0 Å². The van der Waals surface area contributed by atoms with Crippen LogP contribution in [0, 0.1) is 6.92 Å². The molecule has 3 rings (SSSR count). The minimum Gasteiger partial charge on any atom is -0.383 e. The van der Waals surface area contributed by atoms with Gasteiger partial charge in [-0.05, 0) is 19.1 Å². The molecule has 0 aliphatic rings. The second-order valence-corrected chi connectivity index (χ2v) is 5.14. The van der Waals surface area contributed by atoms with Crippen molar-refractivity contribution in [1.29, 1.82) is 0 Å². The summed E-state index contributed by atoms with van der Waals surface area (Å²) in [6, 6.07) is 7.26. The number of nitrogens with two attached hydrogens (primary N) is 1. The van der Waals surface area contributed by atoms with E-state index in [0.29, 0.717) is 27.3 Å². The summed E-state index contributed by atoms with van der Waals surface area (Å²) >= 11 is 12.3. The molecule has 0 atom stereocenters. The molecule has 20 heavy (non-hydrogen) atoms. The molecule has 0 bridgehead atoms. The summed E-state index contributed by atoms with van der Waals surface area (Å²) in [6.07, 6.45) is 1.71. The van der Waals surface area contributed by atoms with Gasteiger partial charge in [0.1, 0.15) is 11.6 Å². The van der Waals surface area contributed by atoms with Crippen LogP contribution in [-0.2, 0) is 0 Å². The number of pyridine rings is 1. The lowest BCUT2D eigenvalue weighted by Gasteiger charge is -2.09. The van der Waals surface area contributed by atoms with Crippen LogP contribution in [0.25, 0.3) is 22.2 Å². The van der Waals surface area contributed by atoms with Gasteiger partial charge in [0.15, 0.2) is 5.65 Å². The highest BCUT2D eigenvalue weighted by molar-refractivity contribution is 6.43. The summed E-state index contributed by atoms with van der Waals surface area (Å²) in [6.45, 7) is 1.80. The van der Waals surface area contributed by atoms with Crippen LogP contribution < -0.4 is 5.73 Å². The molecule has 0 spiro atoms. The number of nitrogen functional groups attached to an aromatic ring is 1. The molecular weight excluding hydrogens is 295 g/mol. The maximum atomic E-state index is 6.23. The number of fused-ring (bicyclic) bond motifs is 1. The normalized spacial score (nSPS) is 10.9. The van der Waals surface area contributed by atoms with Crippen molar-refractivity contribution in [2.45, 2.75) is 6.92 Å². The van der Waals surface area contributed by atoms with Gasteiger partial charge >= 0.3 is 0 Å². The average molecular weight is 305 g/mol. The van der Waals surface area contributed by atoms with Gasteiger partial charge in [-0.3, -0.25) is 0 Å². The molecule has 4 nitrogen and oxygen atoms in total. The number of benzene rings is 1. The van der Waals surface area contributed by atoms with E-state index in [1.807, 2.05) is 18.2 Å². The third kappa shape index (κ3) is 2.17. The highest BCUT2D eigenvalue weighted by atomic mass is 35.5. The molecule has 6 heteroatoms. The van der Waals surface area contributed by atoms with E-state index in [-0.39, 0.29) is 0 Å². The summed E-state index contributed by atoms with van der Waals surface area (Å²) < 4.78 is 0. The fraction of sp³-hybridized carbons (Fsp3) is 0.0714. The third-order valence-corrected chi connectivity index (χ3v) is 3.78. The second kappa shape index (κ2) is 4.89. The molecule has 0 saturated heterocycles. The summed E-state index contributed by atoms with van der Waals surface area (Å²) in [5.74, 6) is 1.01.